The van der Waals surface area contributed by atoms with E-state index in [4.69, 9.17) is 11.6 Å². The molecule has 2 aromatic rings. The summed E-state index contributed by atoms with van der Waals surface area (Å²) in [5, 5.41) is 14.5. The van der Waals surface area contributed by atoms with Gasteiger partial charge in [0.1, 0.15) is 6.54 Å². The zero-order chi connectivity index (χ0) is 18.1. The third-order valence-corrected chi connectivity index (χ3v) is 4.93. The molecular formula is C18H20ClN3O3. The minimum atomic E-state index is -0.888. The van der Waals surface area contributed by atoms with Crippen LogP contribution in [0.25, 0.3) is 0 Å². The fraction of sp³-hybridized carbons (Fsp3) is 0.389. The van der Waals surface area contributed by atoms with Gasteiger partial charge >= 0.3 is 5.97 Å². The average molecular weight is 362 g/mol. The van der Waals surface area contributed by atoms with E-state index in [0.717, 1.165) is 17.0 Å². The zero-order valence-corrected chi connectivity index (χ0v) is 14.9. The van der Waals surface area contributed by atoms with E-state index in [1.165, 1.54) is 0 Å². The molecule has 1 aromatic carbocycles. The van der Waals surface area contributed by atoms with Crippen molar-refractivity contribution in [2.45, 2.75) is 26.3 Å². The van der Waals surface area contributed by atoms with Gasteiger partial charge in [-0.3, -0.25) is 14.3 Å². The van der Waals surface area contributed by atoms with Crippen LogP contribution >= 0.6 is 11.6 Å². The highest BCUT2D eigenvalue weighted by Gasteiger charge is 2.40. The van der Waals surface area contributed by atoms with Crippen LogP contribution in [0.15, 0.2) is 30.3 Å². The maximum atomic E-state index is 12.6. The lowest BCUT2D eigenvalue weighted by Gasteiger charge is -2.17. The number of aromatic nitrogens is 2. The van der Waals surface area contributed by atoms with Crippen LogP contribution in [0.3, 0.4) is 0 Å². The number of nitrogens with zero attached hydrogens (tertiary/aromatic N) is 3. The minimum absolute atomic E-state index is 0.117. The number of hydrogen-bond acceptors (Lipinski definition) is 3. The lowest BCUT2D eigenvalue weighted by atomic mass is 9.89. The molecule has 0 spiro atoms. The molecule has 7 heteroatoms. The number of carbonyl (C=O) groups excluding carboxylic acids is 1. The van der Waals surface area contributed by atoms with Gasteiger partial charge in [-0.2, -0.15) is 5.10 Å². The maximum Gasteiger partial charge on any atom is 0.308 e. The number of carboxylic acid groups (broad SMARTS) is 1. The summed E-state index contributed by atoms with van der Waals surface area (Å²) in [6, 6.07) is 9.07. The standard InChI is InChI=1S/C18H20ClN3O3/c1-11-7-12(2)22(20-11)10-17(23)21-8-15(16(9-21)18(24)25)13-3-5-14(19)6-4-13/h3-7,15-16H,8-10H2,1-2H3,(H,24,25)/t15-,16+/m0/s1. The molecule has 2 atom stereocenters. The Bertz CT molecular complexity index is 800. The summed E-state index contributed by atoms with van der Waals surface area (Å²) >= 11 is 5.91. The van der Waals surface area contributed by atoms with Crippen molar-refractivity contribution in [1.82, 2.24) is 14.7 Å². The second-order valence-electron chi connectivity index (χ2n) is 6.49. The van der Waals surface area contributed by atoms with Gasteiger partial charge in [-0.25, -0.2) is 0 Å². The first-order chi connectivity index (χ1) is 11.8. The van der Waals surface area contributed by atoms with E-state index >= 15 is 0 Å². The van der Waals surface area contributed by atoms with E-state index in [0.29, 0.717) is 11.6 Å². The molecule has 1 amide bonds. The first-order valence-corrected chi connectivity index (χ1v) is 8.50. The number of amides is 1. The van der Waals surface area contributed by atoms with Crippen molar-refractivity contribution < 1.29 is 14.7 Å². The molecule has 1 fully saturated rings. The SMILES string of the molecule is Cc1cc(C)n(CC(=O)N2C[C@@H](C(=O)O)[C@H](c3ccc(Cl)cc3)C2)n1. The van der Waals surface area contributed by atoms with Crippen LogP contribution in [0.2, 0.25) is 5.02 Å². The van der Waals surface area contributed by atoms with Gasteiger partial charge in [-0.1, -0.05) is 23.7 Å². The van der Waals surface area contributed by atoms with Crippen LogP contribution < -0.4 is 0 Å². The number of halogens is 1. The van der Waals surface area contributed by atoms with Gasteiger partial charge in [0.25, 0.3) is 0 Å². The summed E-state index contributed by atoms with van der Waals surface area (Å²) in [5.41, 5.74) is 2.65. The number of carbonyl (C=O) groups is 2. The number of aliphatic carboxylic acids is 1. The summed E-state index contributed by atoms with van der Waals surface area (Å²) < 4.78 is 1.66. The highest BCUT2D eigenvalue weighted by Crippen LogP contribution is 2.33. The molecule has 0 bridgehead atoms. The number of benzene rings is 1. The highest BCUT2D eigenvalue weighted by atomic mass is 35.5. The van der Waals surface area contributed by atoms with E-state index in [9.17, 15) is 14.7 Å². The Balaban J connectivity index is 1.77. The van der Waals surface area contributed by atoms with Crippen molar-refractivity contribution in [2.75, 3.05) is 13.1 Å². The topological polar surface area (TPSA) is 75.4 Å². The summed E-state index contributed by atoms with van der Waals surface area (Å²) in [7, 11) is 0. The molecule has 1 saturated heterocycles. The minimum Gasteiger partial charge on any atom is -0.481 e. The summed E-state index contributed by atoms with van der Waals surface area (Å²) in [6.45, 7) is 4.49. The van der Waals surface area contributed by atoms with E-state index in [1.807, 2.05) is 32.0 Å². The summed E-state index contributed by atoms with van der Waals surface area (Å²) in [6.07, 6.45) is 0. The van der Waals surface area contributed by atoms with Gasteiger partial charge in [0.2, 0.25) is 5.91 Å². The van der Waals surface area contributed by atoms with Crippen molar-refractivity contribution in [3.63, 3.8) is 0 Å². The van der Waals surface area contributed by atoms with Gasteiger partial charge in [0.15, 0.2) is 0 Å². The second kappa shape index (κ2) is 6.88. The predicted molar refractivity (Wildman–Crippen MR) is 93.6 cm³/mol. The van der Waals surface area contributed by atoms with Gasteiger partial charge in [0, 0.05) is 29.7 Å². The summed E-state index contributed by atoms with van der Waals surface area (Å²) in [4.78, 5) is 25.9. The van der Waals surface area contributed by atoms with E-state index in [-0.39, 0.29) is 24.9 Å². The van der Waals surface area contributed by atoms with Crippen LogP contribution in [0.1, 0.15) is 22.9 Å². The molecule has 0 radical (unpaired) electrons. The van der Waals surface area contributed by atoms with Gasteiger partial charge in [-0.15, -0.1) is 0 Å². The lowest BCUT2D eigenvalue weighted by molar-refractivity contribution is -0.141. The van der Waals surface area contributed by atoms with E-state index in [2.05, 4.69) is 5.10 Å². The Morgan fingerprint density at radius 3 is 2.48 bits per heavy atom. The Morgan fingerprint density at radius 2 is 1.92 bits per heavy atom. The fourth-order valence-corrected chi connectivity index (χ4v) is 3.49. The molecule has 1 aliphatic heterocycles. The molecule has 25 heavy (non-hydrogen) atoms. The van der Waals surface area contributed by atoms with Gasteiger partial charge in [0.05, 0.1) is 11.6 Å². The van der Waals surface area contributed by atoms with Gasteiger partial charge < -0.3 is 10.0 Å². The molecule has 0 saturated carbocycles. The fourth-order valence-electron chi connectivity index (χ4n) is 3.37. The normalized spacial score (nSPS) is 20.0. The number of rotatable bonds is 4. The lowest BCUT2D eigenvalue weighted by Crippen LogP contribution is -2.33. The molecule has 0 unspecified atom stereocenters. The number of aryl methyl sites for hydroxylation is 2. The van der Waals surface area contributed by atoms with Crippen LogP contribution in [0.5, 0.6) is 0 Å². The quantitative estimate of drug-likeness (QED) is 0.907. The molecule has 1 N–H and O–H groups in total. The first kappa shape index (κ1) is 17.5. The predicted octanol–water partition coefficient (Wildman–Crippen LogP) is 2.48. The maximum absolute atomic E-state index is 12.6. The van der Waals surface area contributed by atoms with Crippen molar-refractivity contribution in [2.24, 2.45) is 5.92 Å². The highest BCUT2D eigenvalue weighted by molar-refractivity contribution is 6.30. The molecule has 1 aliphatic rings. The number of hydrogen-bond donors (Lipinski definition) is 1. The van der Waals surface area contributed by atoms with Crippen molar-refractivity contribution in [3.05, 3.63) is 52.3 Å². The van der Waals surface area contributed by atoms with Crippen LogP contribution in [-0.2, 0) is 16.1 Å². The van der Waals surface area contributed by atoms with Crippen LogP contribution in [0, 0.1) is 19.8 Å². The first-order valence-electron chi connectivity index (χ1n) is 8.12. The largest absolute Gasteiger partial charge is 0.481 e. The average Bonchev–Trinajstić information content (AvgIpc) is 3.12. The molecule has 2 heterocycles. The van der Waals surface area contributed by atoms with Crippen molar-refractivity contribution in [1.29, 1.82) is 0 Å². The Hall–Kier alpha value is -2.34. The third kappa shape index (κ3) is 3.69. The summed E-state index contributed by atoms with van der Waals surface area (Å²) in [5.74, 6) is -1.86. The molecule has 1 aromatic heterocycles. The number of carboxylic acids is 1. The second-order valence-corrected chi connectivity index (χ2v) is 6.92. The van der Waals surface area contributed by atoms with Gasteiger partial charge in [-0.05, 0) is 37.6 Å². The van der Waals surface area contributed by atoms with Crippen molar-refractivity contribution in [3.8, 4) is 0 Å². The van der Waals surface area contributed by atoms with E-state index < -0.39 is 11.9 Å². The molecule has 6 nitrogen and oxygen atoms in total. The zero-order valence-electron chi connectivity index (χ0n) is 14.1. The van der Waals surface area contributed by atoms with E-state index in [1.54, 1.807) is 21.7 Å². The Morgan fingerprint density at radius 1 is 1.24 bits per heavy atom. The third-order valence-electron chi connectivity index (χ3n) is 4.68. The smallest absolute Gasteiger partial charge is 0.308 e. The van der Waals surface area contributed by atoms with Crippen LogP contribution in [0.4, 0.5) is 0 Å². The molecule has 0 aliphatic carbocycles. The monoisotopic (exact) mass is 361 g/mol. The van der Waals surface area contributed by atoms with Crippen LogP contribution in [-0.4, -0.2) is 44.8 Å². The molecular weight excluding hydrogens is 342 g/mol. The molecule has 132 valence electrons. The molecule has 3 rings (SSSR count). The number of likely N-dealkylation sites (tertiary alicyclic amines) is 1. The Kier molecular flexibility index (Phi) is 4.81. The Labute approximate surface area is 151 Å². The van der Waals surface area contributed by atoms with Crippen molar-refractivity contribution >= 4 is 23.5 Å².